The molecule has 0 unspecified atom stereocenters. The van der Waals surface area contributed by atoms with E-state index >= 15 is 0 Å². The third-order valence-corrected chi connectivity index (χ3v) is 6.97. The van der Waals surface area contributed by atoms with E-state index in [9.17, 15) is 0 Å². The van der Waals surface area contributed by atoms with Crippen LogP contribution in [-0.4, -0.2) is 31.1 Å². The lowest BCUT2D eigenvalue weighted by Gasteiger charge is -2.41. The third kappa shape index (κ3) is 3.77. The van der Waals surface area contributed by atoms with Gasteiger partial charge in [0, 0.05) is 37.0 Å². The summed E-state index contributed by atoms with van der Waals surface area (Å²) < 4.78 is 0. The number of anilines is 1. The first kappa shape index (κ1) is 20.0. The van der Waals surface area contributed by atoms with Crippen molar-refractivity contribution in [2.45, 2.75) is 6.04 Å². The molecule has 1 saturated heterocycles. The normalized spacial score (nSPS) is 14.9. The Labute approximate surface area is 195 Å². The molecule has 2 nitrogen and oxygen atoms in total. The summed E-state index contributed by atoms with van der Waals surface area (Å²) in [5.74, 6) is 0. The maximum Gasteiger partial charge on any atom is 0.0603 e. The molecule has 0 radical (unpaired) electrons. The molecule has 1 aliphatic rings. The van der Waals surface area contributed by atoms with Gasteiger partial charge in [0.1, 0.15) is 0 Å². The van der Waals surface area contributed by atoms with Crippen LogP contribution in [0.5, 0.6) is 0 Å². The van der Waals surface area contributed by atoms with Crippen molar-refractivity contribution in [3.8, 4) is 0 Å². The van der Waals surface area contributed by atoms with Crippen LogP contribution in [0.3, 0.4) is 0 Å². The quantitative estimate of drug-likeness (QED) is 0.287. The highest BCUT2D eigenvalue weighted by Crippen LogP contribution is 2.37. The van der Waals surface area contributed by atoms with E-state index < -0.39 is 0 Å². The van der Waals surface area contributed by atoms with Crippen molar-refractivity contribution < 1.29 is 0 Å². The Morgan fingerprint density at radius 2 is 0.939 bits per heavy atom. The van der Waals surface area contributed by atoms with Crippen LogP contribution in [-0.2, 0) is 0 Å². The minimum atomic E-state index is 0.291. The van der Waals surface area contributed by atoms with Crippen molar-refractivity contribution in [2.75, 3.05) is 31.1 Å². The van der Waals surface area contributed by atoms with E-state index in [-0.39, 0.29) is 0 Å². The molecular weight excluding hydrogens is 400 g/mol. The summed E-state index contributed by atoms with van der Waals surface area (Å²) in [6, 6.07) is 42.2. The number of rotatable bonds is 4. The first-order chi connectivity index (χ1) is 16.4. The zero-order valence-corrected chi connectivity index (χ0v) is 18.8. The lowest BCUT2D eigenvalue weighted by Crippen LogP contribution is -2.48. The smallest absolute Gasteiger partial charge is 0.0603 e. The van der Waals surface area contributed by atoms with Crippen LogP contribution in [0.25, 0.3) is 21.5 Å². The molecule has 5 aromatic carbocycles. The van der Waals surface area contributed by atoms with Crippen molar-refractivity contribution in [1.82, 2.24) is 4.90 Å². The van der Waals surface area contributed by atoms with Crippen molar-refractivity contribution in [1.29, 1.82) is 0 Å². The topological polar surface area (TPSA) is 6.48 Å². The Hall–Kier alpha value is -3.62. The Kier molecular flexibility index (Phi) is 5.29. The van der Waals surface area contributed by atoms with Gasteiger partial charge in [0.25, 0.3) is 0 Å². The summed E-state index contributed by atoms with van der Waals surface area (Å²) in [5, 5.41) is 5.35. The van der Waals surface area contributed by atoms with E-state index in [0.717, 1.165) is 26.2 Å². The molecule has 5 aromatic rings. The summed E-state index contributed by atoms with van der Waals surface area (Å²) in [6.07, 6.45) is 0. The van der Waals surface area contributed by atoms with Gasteiger partial charge in [-0.05, 0) is 28.0 Å². The van der Waals surface area contributed by atoms with Crippen molar-refractivity contribution >= 4 is 27.2 Å². The fraction of sp³-hybridized carbons (Fsp3) is 0.161. The van der Waals surface area contributed by atoms with Crippen LogP contribution in [0, 0.1) is 0 Å². The van der Waals surface area contributed by atoms with Crippen LogP contribution in [0.15, 0.2) is 115 Å². The first-order valence-corrected chi connectivity index (χ1v) is 11.9. The molecule has 0 saturated carbocycles. The summed E-state index contributed by atoms with van der Waals surface area (Å²) >= 11 is 0. The van der Waals surface area contributed by atoms with E-state index in [1.165, 1.54) is 38.4 Å². The molecule has 6 rings (SSSR count). The predicted molar refractivity (Wildman–Crippen MR) is 140 cm³/mol. The molecule has 0 atom stereocenters. The molecule has 1 fully saturated rings. The standard InChI is InChI=1S/C31H28N2/c1-3-11-24(12-4-1)30(25-13-5-2-6-14-25)32-19-21-33(22-20-32)31-28-17-9-7-15-26(28)23-27-16-8-10-18-29(27)31/h1-18,23,30H,19-22H2. The minimum absolute atomic E-state index is 0.291. The number of nitrogens with zero attached hydrogens (tertiary/aromatic N) is 2. The Bertz CT molecular complexity index is 1280. The van der Waals surface area contributed by atoms with Gasteiger partial charge in [0.15, 0.2) is 0 Å². The Morgan fingerprint density at radius 3 is 1.45 bits per heavy atom. The first-order valence-electron chi connectivity index (χ1n) is 11.9. The Morgan fingerprint density at radius 1 is 0.485 bits per heavy atom. The zero-order valence-electron chi connectivity index (χ0n) is 18.8. The number of hydrogen-bond acceptors (Lipinski definition) is 2. The van der Waals surface area contributed by atoms with Gasteiger partial charge >= 0.3 is 0 Å². The fourth-order valence-electron chi connectivity index (χ4n) is 5.42. The number of fused-ring (bicyclic) bond motifs is 2. The van der Waals surface area contributed by atoms with Gasteiger partial charge in [0.2, 0.25) is 0 Å². The lowest BCUT2D eigenvalue weighted by molar-refractivity contribution is 0.212. The fourth-order valence-corrected chi connectivity index (χ4v) is 5.42. The van der Waals surface area contributed by atoms with Crippen molar-refractivity contribution in [3.63, 3.8) is 0 Å². The third-order valence-electron chi connectivity index (χ3n) is 6.97. The van der Waals surface area contributed by atoms with E-state index in [1.807, 2.05) is 0 Å². The molecule has 1 aliphatic heterocycles. The zero-order chi connectivity index (χ0) is 22.0. The van der Waals surface area contributed by atoms with Gasteiger partial charge in [-0.25, -0.2) is 0 Å². The van der Waals surface area contributed by atoms with E-state index in [1.54, 1.807) is 0 Å². The molecule has 0 amide bonds. The summed E-state index contributed by atoms with van der Waals surface area (Å²) in [5.41, 5.74) is 4.12. The molecule has 0 bridgehead atoms. The molecule has 2 heteroatoms. The molecule has 33 heavy (non-hydrogen) atoms. The van der Waals surface area contributed by atoms with Crippen molar-refractivity contribution in [2.24, 2.45) is 0 Å². The lowest BCUT2D eigenvalue weighted by atomic mass is 9.96. The Balaban J connectivity index is 1.35. The molecule has 0 aromatic heterocycles. The van der Waals surface area contributed by atoms with E-state index in [0.29, 0.717) is 6.04 Å². The number of piperazine rings is 1. The van der Waals surface area contributed by atoms with Crippen LogP contribution >= 0.6 is 0 Å². The van der Waals surface area contributed by atoms with Gasteiger partial charge < -0.3 is 4.90 Å². The molecular formula is C31H28N2. The summed E-state index contributed by atoms with van der Waals surface area (Å²) in [6.45, 7) is 4.11. The van der Waals surface area contributed by atoms with Crippen LogP contribution < -0.4 is 4.90 Å². The monoisotopic (exact) mass is 428 g/mol. The maximum atomic E-state index is 2.65. The molecule has 0 spiro atoms. The average molecular weight is 429 g/mol. The van der Waals surface area contributed by atoms with Gasteiger partial charge in [-0.15, -0.1) is 0 Å². The van der Waals surface area contributed by atoms with E-state index in [2.05, 4.69) is 125 Å². The molecule has 1 heterocycles. The molecule has 0 N–H and O–H groups in total. The second-order valence-electron chi connectivity index (χ2n) is 8.91. The SMILES string of the molecule is c1ccc(C(c2ccccc2)N2CCN(c3c4ccccc4cc4ccccc34)CC2)cc1. The summed E-state index contributed by atoms with van der Waals surface area (Å²) in [4.78, 5) is 5.25. The highest BCUT2D eigenvalue weighted by atomic mass is 15.3. The second kappa shape index (κ2) is 8.73. The molecule has 0 aliphatic carbocycles. The van der Waals surface area contributed by atoms with Crippen LogP contribution in [0.2, 0.25) is 0 Å². The maximum absolute atomic E-state index is 2.65. The highest BCUT2D eigenvalue weighted by molar-refractivity contribution is 6.11. The van der Waals surface area contributed by atoms with Gasteiger partial charge in [-0.3, -0.25) is 4.90 Å². The summed E-state index contributed by atoms with van der Waals surface area (Å²) in [7, 11) is 0. The predicted octanol–water partition coefficient (Wildman–Crippen LogP) is 6.90. The van der Waals surface area contributed by atoms with Gasteiger partial charge in [-0.2, -0.15) is 0 Å². The largest absolute Gasteiger partial charge is 0.368 e. The van der Waals surface area contributed by atoms with E-state index in [4.69, 9.17) is 0 Å². The van der Waals surface area contributed by atoms with Crippen molar-refractivity contribution in [3.05, 3.63) is 126 Å². The van der Waals surface area contributed by atoms with Crippen LogP contribution in [0.4, 0.5) is 5.69 Å². The minimum Gasteiger partial charge on any atom is -0.368 e. The molecule has 162 valence electrons. The van der Waals surface area contributed by atoms with Crippen LogP contribution in [0.1, 0.15) is 17.2 Å². The van der Waals surface area contributed by atoms with Gasteiger partial charge in [0.05, 0.1) is 11.7 Å². The number of benzene rings is 5. The van der Waals surface area contributed by atoms with Gasteiger partial charge in [-0.1, -0.05) is 109 Å². The second-order valence-corrected chi connectivity index (χ2v) is 8.91. The number of hydrogen-bond donors (Lipinski definition) is 0. The highest BCUT2D eigenvalue weighted by Gasteiger charge is 2.27. The average Bonchev–Trinajstić information content (AvgIpc) is 2.89.